The predicted molar refractivity (Wildman–Crippen MR) is 92.2 cm³/mol. The highest BCUT2D eigenvalue weighted by Gasteiger charge is 2.38. The van der Waals surface area contributed by atoms with Gasteiger partial charge in [0.25, 0.3) is 0 Å². The number of fused-ring (bicyclic) bond motifs is 1. The van der Waals surface area contributed by atoms with Gasteiger partial charge in [0.1, 0.15) is 12.2 Å². The Morgan fingerprint density at radius 3 is 2.25 bits per heavy atom. The average molecular weight is 406 g/mol. The predicted octanol–water partition coefficient (Wildman–Crippen LogP) is 2.19. The molecule has 4 N–H and O–H groups in total. The highest BCUT2D eigenvalue weighted by atomic mass is 19.4. The fourth-order valence-electron chi connectivity index (χ4n) is 2.33. The van der Waals surface area contributed by atoms with Crippen molar-refractivity contribution in [2.75, 3.05) is 13.2 Å². The van der Waals surface area contributed by atoms with Crippen LogP contribution in [-0.2, 0) is 17.8 Å². The van der Waals surface area contributed by atoms with Crippen molar-refractivity contribution < 1.29 is 37.4 Å². The van der Waals surface area contributed by atoms with E-state index in [0.29, 0.717) is 23.9 Å². The minimum atomic E-state index is -5.08. The molecule has 0 atom stereocenters. The quantitative estimate of drug-likeness (QED) is 0.632. The van der Waals surface area contributed by atoms with Gasteiger partial charge in [0.05, 0.1) is 12.1 Å². The standard InChI is InChI=1S/C15H17FN2O3.C2HF3O2/c16-5-7-18-9-12(15(20)21)14(19)11-8-10(2-1-6-17)3-4-13(11)18;3-2(4,5)1(6)7/h3-4,8-9H,1-2,5-7,17H2,(H,20,21);(H,6,7). The summed E-state index contributed by atoms with van der Waals surface area (Å²) in [5.74, 6) is -4.06. The molecule has 0 unspecified atom stereocenters. The summed E-state index contributed by atoms with van der Waals surface area (Å²) in [4.78, 5) is 32.3. The van der Waals surface area contributed by atoms with E-state index in [1.165, 1.54) is 10.8 Å². The Morgan fingerprint density at radius 2 is 1.79 bits per heavy atom. The van der Waals surface area contributed by atoms with E-state index in [9.17, 15) is 27.2 Å². The number of carboxylic acids is 2. The lowest BCUT2D eigenvalue weighted by atomic mass is 10.0. The number of rotatable bonds is 6. The van der Waals surface area contributed by atoms with E-state index in [4.69, 9.17) is 20.7 Å². The van der Waals surface area contributed by atoms with Gasteiger partial charge in [0, 0.05) is 11.6 Å². The fraction of sp³-hybridized carbons (Fsp3) is 0.353. The van der Waals surface area contributed by atoms with Gasteiger partial charge in [-0.05, 0) is 37.1 Å². The number of hydrogen-bond acceptors (Lipinski definition) is 4. The number of carboxylic acid groups (broad SMARTS) is 2. The third-order valence-corrected chi connectivity index (χ3v) is 3.61. The second-order valence-electron chi connectivity index (χ2n) is 5.61. The molecule has 1 aromatic heterocycles. The lowest BCUT2D eigenvalue weighted by Gasteiger charge is -2.11. The van der Waals surface area contributed by atoms with Gasteiger partial charge in [-0.3, -0.25) is 4.79 Å². The Hall–Kier alpha value is -2.95. The van der Waals surface area contributed by atoms with Crippen molar-refractivity contribution in [3.63, 3.8) is 0 Å². The van der Waals surface area contributed by atoms with Crippen LogP contribution in [0.25, 0.3) is 10.9 Å². The number of pyridine rings is 1. The Labute approximate surface area is 156 Å². The molecule has 0 radical (unpaired) electrons. The molecule has 0 spiro atoms. The highest BCUT2D eigenvalue weighted by molar-refractivity contribution is 5.92. The summed E-state index contributed by atoms with van der Waals surface area (Å²) < 4.78 is 45.8. The largest absolute Gasteiger partial charge is 0.490 e. The topological polar surface area (TPSA) is 123 Å². The smallest absolute Gasteiger partial charge is 0.477 e. The molecule has 0 bridgehead atoms. The number of hydrogen-bond donors (Lipinski definition) is 3. The Bertz CT molecular complexity index is 909. The van der Waals surface area contributed by atoms with E-state index in [2.05, 4.69) is 0 Å². The van der Waals surface area contributed by atoms with Gasteiger partial charge in [-0.2, -0.15) is 13.2 Å². The second kappa shape index (κ2) is 9.83. The summed E-state index contributed by atoms with van der Waals surface area (Å²) in [5.41, 5.74) is 6.04. The van der Waals surface area contributed by atoms with Gasteiger partial charge in [0.2, 0.25) is 5.43 Å². The number of carbonyl (C=O) groups is 2. The molecule has 1 heterocycles. The van der Waals surface area contributed by atoms with Gasteiger partial charge >= 0.3 is 18.1 Å². The Kier molecular flexibility index (Phi) is 8.11. The number of alkyl halides is 4. The summed E-state index contributed by atoms with van der Waals surface area (Å²) in [6.45, 7) is -0.0789. The molecule has 0 aliphatic carbocycles. The first-order chi connectivity index (χ1) is 13.0. The van der Waals surface area contributed by atoms with Crippen molar-refractivity contribution in [2.24, 2.45) is 5.73 Å². The van der Waals surface area contributed by atoms with Crippen LogP contribution in [0.5, 0.6) is 0 Å². The third kappa shape index (κ3) is 6.05. The third-order valence-electron chi connectivity index (χ3n) is 3.61. The first-order valence-corrected chi connectivity index (χ1v) is 7.98. The van der Waals surface area contributed by atoms with Gasteiger partial charge < -0.3 is 20.5 Å². The van der Waals surface area contributed by atoms with Gasteiger partial charge in [-0.15, -0.1) is 0 Å². The summed E-state index contributed by atoms with van der Waals surface area (Å²) >= 11 is 0. The summed E-state index contributed by atoms with van der Waals surface area (Å²) in [7, 11) is 0. The van der Waals surface area contributed by atoms with E-state index in [-0.39, 0.29) is 12.1 Å². The number of aromatic carboxylic acids is 1. The minimum Gasteiger partial charge on any atom is -0.477 e. The Morgan fingerprint density at radius 1 is 1.18 bits per heavy atom. The first kappa shape index (κ1) is 23.1. The van der Waals surface area contributed by atoms with Crippen LogP contribution in [0.2, 0.25) is 0 Å². The molecule has 1 aromatic carbocycles. The normalized spacial score (nSPS) is 11.0. The van der Waals surface area contributed by atoms with Gasteiger partial charge in [-0.25, -0.2) is 14.0 Å². The number of benzene rings is 1. The van der Waals surface area contributed by atoms with E-state index < -0.39 is 30.2 Å². The molecular formula is C17H18F4N2O5. The van der Waals surface area contributed by atoms with Crippen molar-refractivity contribution >= 4 is 22.8 Å². The molecule has 154 valence electrons. The van der Waals surface area contributed by atoms with Crippen molar-refractivity contribution in [1.29, 1.82) is 0 Å². The molecule has 11 heteroatoms. The number of nitrogens with two attached hydrogens (primary N) is 1. The maximum Gasteiger partial charge on any atom is 0.490 e. The van der Waals surface area contributed by atoms with Crippen LogP contribution in [0.3, 0.4) is 0 Å². The molecule has 2 aromatic rings. The van der Waals surface area contributed by atoms with E-state index in [0.717, 1.165) is 12.0 Å². The Balaban J connectivity index is 0.000000480. The van der Waals surface area contributed by atoms with Gasteiger partial charge in [0.15, 0.2) is 0 Å². The summed E-state index contributed by atoms with van der Waals surface area (Å²) in [6.07, 6.45) is -2.39. The molecule has 7 nitrogen and oxygen atoms in total. The summed E-state index contributed by atoms with van der Waals surface area (Å²) in [5, 5.41) is 16.5. The number of nitrogens with zero attached hydrogens (tertiary/aromatic N) is 1. The number of halogens is 4. The van der Waals surface area contributed by atoms with Gasteiger partial charge in [-0.1, -0.05) is 6.07 Å². The lowest BCUT2D eigenvalue weighted by Crippen LogP contribution is -2.21. The molecule has 0 amide bonds. The zero-order valence-electron chi connectivity index (χ0n) is 14.5. The summed E-state index contributed by atoms with van der Waals surface area (Å²) in [6, 6.07) is 5.25. The van der Waals surface area contributed by atoms with Crippen LogP contribution in [0, 0.1) is 0 Å². The number of aryl methyl sites for hydroxylation is 2. The lowest BCUT2D eigenvalue weighted by molar-refractivity contribution is -0.192. The SMILES string of the molecule is NCCCc1ccc2c(c1)c(=O)c(C(=O)O)cn2CCF.O=C(O)C(F)(F)F. The molecular weight excluding hydrogens is 388 g/mol. The van der Waals surface area contributed by atoms with Crippen LogP contribution in [-0.4, -0.2) is 46.1 Å². The van der Waals surface area contributed by atoms with E-state index in [1.807, 2.05) is 6.07 Å². The molecule has 0 saturated heterocycles. The maximum absolute atomic E-state index is 12.6. The molecule has 0 saturated carbocycles. The number of aromatic nitrogens is 1. The zero-order chi connectivity index (χ0) is 21.5. The van der Waals surface area contributed by atoms with Crippen LogP contribution in [0.15, 0.2) is 29.2 Å². The van der Waals surface area contributed by atoms with Crippen LogP contribution >= 0.6 is 0 Å². The van der Waals surface area contributed by atoms with Crippen LogP contribution < -0.4 is 11.2 Å². The molecule has 2 rings (SSSR count). The second-order valence-corrected chi connectivity index (χ2v) is 5.61. The average Bonchev–Trinajstić information content (AvgIpc) is 2.61. The molecule has 28 heavy (non-hydrogen) atoms. The van der Waals surface area contributed by atoms with Crippen molar-refractivity contribution in [2.45, 2.75) is 25.6 Å². The highest BCUT2D eigenvalue weighted by Crippen LogP contribution is 2.16. The minimum absolute atomic E-state index is 0.0131. The number of aliphatic carboxylic acids is 1. The first-order valence-electron chi connectivity index (χ1n) is 7.98. The van der Waals surface area contributed by atoms with E-state index in [1.54, 1.807) is 12.1 Å². The monoisotopic (exact) mass is 406 g/mol. The maximum atomic E-state index is 12.6. The fourth-order valence-corrected chi connectivity index (χ4v) is 2.33. The van der Waals surface area contributed by atoms with Crippen molar-refractivity contribution in [1.82, 2.24) is 4.57 Å². The van der Waals surface area contributed by atoms with E-state index >= 15 is 0 Å². The van der Waals surface area contributed by atoms with Crippen molar-refractivity contribution in [3.8, 4) is 0 Å². The molecule has 0 fully saturated rings. The zero-order valence-corrected chi connectivity index (χ0v) is 14.5. The molecule has 0 aliphatic heterocycles. The van der Waals surface area contributed by atoms with Crippen LogP contribution in [0.1, 0.15) is 22.3 Å². The molecule has 0 aliphatic rings. The van der Waals surface area contributed by atoms with Crippen LogP contribution in [0.4, 0.5) is 17.6 Å². The van der Waals surface area contributed by atoms with Crippen molar-refractivity contribution in [3.05, 3.63) is 45.7 Å².